The van der Waals surface area contributed by atoms with E-state index in [0.717, 1.165) is 6.54 Å². The molecule has 25 heavy (non-hydrogen) atoms. The van der Waals surface area contributed by atoms with Gasteiger partial charge in [-0.3, -0.25) is 0 Å². The molecule has 0 aliphatic carbocycles. The van der Waals surface area contributed by atoms with Gasteiger partial charge in [0.1, 0.15) is 5.66 Å². The summed E-state index contributed by atoms with van der Waals surface area (Å²) in [7, 11) is 0. The molecule has 0 spiro atoms. The van der Waals surface area contributed by atoms with Crippen molar-refractivity contribution in [3.8, 4) is 0 Å². The number of rotatable bonds is 13. The number of unbranched alkanes of at least 4 members (excludes halogenated alkanes) is 9. The third-order valence-electron chi connectivity index (χ3n) is 3.84. The first kappa shape index (κ1) is 24.3. The monoisotopic (exact) mass is 370 g/mol. The van der Waals surface area contributed by atoms with Gasteiger partial charge in [-0.2, -0.15) is 10.2 Å². The standard InChI is InChI=1S/C20H42N4S/c1-7-8-9-10-11-12-13-14-15-16-17-21-18(25)22-20(5,6)24-23-19(2,3)4/h7-17H2,1-6H3,(H2,21,22,25). The molecule has 148 valence electrons. The highest BCUT2D eigenvalue weighted by Gasteiger charge is 2.19. The van der Waals surface area contributed by atoms with E-state index in [0.29, 0.717) is 5.11 Å². The van der Waals surface area contributed by atoms with Crippen molar-refractivity contribution in [2.45, 2.75) is 117 Å². The van der Waals surface area contributed by atoms with Crippen LogP contribution in [0.2, 0.25) is 0 Å². The summed E-state index contributed by atoms with van der Waals surface area (Å²) in [6, 6.07) is 0. The second kappa shape index (κ2) is 13.5. The van der Waals surface area contributed by atoms with E-state index < -0.39 is 5.66 Å². The number of nitrogens with zero attached hydrogens (tertiary/aromatic N) is 2. The van der Waals surface area contributed by atoms with Gasteiger partial charge in [0.15, 0.2) is 5.11 Å². The van der Waals surface area contributed by atoms with Gasteiger partial charge in [0.05, 0.1) is 5.54 Å². The first-order valence-corrected chi connectivity index (χ1v) is 10.6. The van der Waals surface area contributed by atoms with Crippen molar-refractivity contribution in [1.29, 1.82) is 0 Å². The molecule has 0 rings (SSSR count). The summed E-state index contributed by atoms with van der Waals surface area (Å²) in [5.74, 6) is 0. The van der Waals surface area contributed by atoms with Crippen molar-refractivity contribution in [3.63, 3.8) is 0 Å². The summed E-state index contributed by atoms with van der Waals surface area (Å²) in [6.45, 7) is 13.3. The van der Waals surface area contributed by atoms with E-state index in [1.165, 1.54) is 64.2 Å². The van der Waals surface area contributed by atoms with Crippen LogP contribution in [0.1, 0.15) is 106 Å². The van der Waals surface area contributed by atoms with E-state index in [-0.39, 0.29) is 5.54 Å². The van der Waals surface area contributed by atoms with Crippen LogP contribution in [-0.4, -0.2) is 22.9 Å². The maximum Gasteiger partial charge on any atom is 0.168 e. The minimum absolute atomic E-state index is 0.163. The van der Waals surface area contributed by atoms with Crippen LogP contribution < -0.4 is 10.6 Å². The van der Waals surface area contributed by atoms with E-state index in [4.69, 9.17) is 12.2 Å². The predicted molar refractivity (Wildman–Crippen MR) is 114 cm³/mol. The Balaban J connectivity index is 3.62. The lowest BCUT2D eigenvalue weighted by molar-refractivity contribution is 0.413. The van der Waals surface area contributed by atoms with Gasteiger partial charge < -0.3 is 10.6 Å². The normalized spacial score (nSPS) is 12.6. The molecule has 0 radical (unpaired) electrons. The van der Waals surface area contributed by atoms with Crippen LogP contribution in [0, 0.1) is 0 Å². The van der Waals surface area contributed by atoms with Crippen LogP contribution in [-0.2, 0) is 0 Å². The fourth-order valence-electron chi connectivity index (χ4n) is 2.44. The average Bonchev–Trinajstić information content (AvgIpc) is 2.50. The van der Waals surface area contributed by atoms with Crippen LogP contribution in [0.5, 0.6) is 0 Å². The quantitative estimate of drug-likeness (QED) is 0.225. The average molecular weight is 371 g/mol. The van der Waals surface area contributed by atoms with Crippen LogP contribution in [0.3, 0.4) is 0 Å². The maximum absolute atomic E-state index is 5.36. The summed E-state index contributed by atoms with van der Waals surface area (Å²) in [5.41, 5.74) is -0.640. The van der Waals surface area contributed by atoms with E-state index in [9.17, 15) is 0 Å². The topological polar surface area (TPSA) is 48.8 Å². The zero-order valence-electron chi connectivity index (χ0n) is 17.6. The van der Waals surface area contributed by atoms with Gasteiger partial charge >= 0.3 is 0 Å². The molecule has 2 N–H and O–H groups in total. The summed E-state index contributed by atoms with van der Waals surface area (Å²) in [6.07, 6.45) is 13.5. The Labute approximate surface area is 162 Å². The molecular formula is C20H42N4S. The lowest BCUT2D eigenvalue weighted by Gasteiger charge is -2.24. The second-order valence-electron chi connectivity index (χ2n) is 8.49. The lowest BCUT2D eigenvalue weighted by Crippen LogP contribution is -2.47. The number of thiocarbonyl (C=S) groups is 1. The fraction of sp³-hybridized carbons (Fsp3) is 0.950. The molecule has 0 unspecified atom stereocenters. The SMILES string of the molecule is CCCCCCCCCCCCNC(=S)NC(C)(C)N=NC(C)(C)C. The third-order valence-corrected chi connectivity index (χ3v) is 4.08. The van der Waals surface area contributed by atoms with E-state index in [2.05, 4.69) is 27.8 Å². The number of hydrogen-bond acceptors (Lipinski definition) is 3. The Morgan fingerprint density at radius 2 is 1.24 bits per heavy atom. The molecule has 0 aromatic heterocycles. The number of hydrogen-bond donors (Lipinski definition) is 2. The molecular weight excluding hydrogens is 328 g/mol. The highest BCUT2D eigenvalue weighted by molar-refractivity contribution is 7.80. The largest absolute Gasteiger partial charge is 0.363 e. The summed E-state index contributed by atoms with van der Waals surface area (Å²) >= 11 is 5.36. The van der Waals surface area contributed by atoms with Crippen LogP contribution >= 0.6 is 12.2 Å². The number of azo groups is 1. The zero-order chi connectivity index (χ0) is 19.2. The van der Waals surface area contributed by atoms with Crippen LogP contribution in [0.4, 0.5) is 0 Å². The lowest BCUT2D eigenvalue weighted by atomic mass is 10.1. The van der Waals surface area contributed by atoms with E-state index in [1.807, 2.05) is 34.6 Å². The summed E-state index contributed by atoms with van der Waals surface area (Å²) in [4.78, 5) is 0. The molecule has 4 nitrogen and oxygen atoms in total. The second-order valence-corrected chi connectivity index (χ2v) is 8.90. The molecule has 0 amide bonds. The first-order valence-electron chi connectivity index (χ1n) is 10.2. The molecule has 0 saturated carbocycles. The molecule has 0 fully saturated rings. The highest BCUT2D eigenvalue weighted by atomic mass is 32.1. The van der Waals surface area contributed by atoms with Crippen molar-refractivity contribution >= 4 is 17.3 Å². The first-order chi connectivity index (χ1) is 11.7. The molecule has 0 saturated heterocycles. The smallest absolute Gasteiger partial charge is 0.168 e. The molecule has 0 aliphatic rings. The van der Waals surface area contributed by atoms with Crippen LogP contribution in [0.25, 0.3) is 0 Å². The third kappa shape index (κ3) is 17.9. The highest BCUT2D eigenvalue weighted by Crippen LogP contribution is 2.13. The Bertz CT molecular complexity index is 372. The van der Waals surface area contributed by atoms with Gasteiger partial charge in [0.2, 0.25) is 0 Å². The van der Waals surface area contributed by atoms with Gasteiger partial charge in [0, 0.05) is 6.54 Å². The van der Waals surface area contributed by atoms with Gasteiger partial charge in [0.25, 0.3) is 0 Å². The number of nitrogens with one attached hydrogen (secondary N) is 2. The van der Waals surface area contributed by atoms with Crippen molar-refractivity contribution in [2.24, 2.45) is 10.2 Å². The minimum atomic E-state index is -0.477. The Morgan fingerprint density at radius 1 is 0.760 bits per heavy atom. The molecule has 0 aliphatic heterocycles. The molecule has 0 atom stereocenters. The van der Waals surface area contributed by atoms with E-state index in [1.54, 1.807) is 0 Å². The van der Waals surface area contributed by atoms with Crippen molar-refractivity contribution < 1.29 is 0 Å². The Morgan fingerprint density at radius 3 is 1.72 bits per heavy atom. The van der Waals surface area contributed by atoms with Gasteiger partial charge in [-0.25, -0.2) is 0 Å². The van der Waals surface area contributed by atoms with E-state index >= 15 is 0 Å². The minimum Gasteiger partial charge on any atom is -0.363 e. The van der Waals surface area contributed by atoms with Crippen molar-refractivity contribution in [1.82, 2.24) is 10.6 Å². The molecule has 0 heterocycles. The molecule has 0 aromatic carbocycles. The van der Waals surface area contributed by atoms with Gasteiger partial charge in [-0.15, -0.1) is 0 Å². The predicted octanol–water partition coefficient (Wildman–Crippen LogP) is 6.36. The van der Waals surface area contributed by atoms with Gasteiger partial charge in [-0.05, 0) is 53.3 Å². The molecule has 5 heteroatoms. The van der Waals surface area contributed by atoms with Crippen molar-refractivity contribution in [2.75, 3.05) is 6.54 Å². The summed E-state index contributed by atoms with van der Waals surface area (Å²) < 4.78 is 0. The molecule has 0 bridgehead atoms. The Kier molecular flexibility index (Phi) is 13.1. The summed E-state index contributed by atoms with van der Waals surface area (Å²) in [5, 5.41) is 15.8. The fourth-order valence-corrected chi connectivity index (χ4v) is 2.79. The van der Waals surface area contributed by atoms with Gasteiger partial charge in [-0.1, -0.05) is 64.7 Å². The Hall–Kier alpha value is -0.710. The van der Waals surface area contributed by atoms with Crippen LogP contribution in [0.15, 0.2) is 10.2 Å². The zero-order valence-corrected chi connectivity index (χ0v) is 18.4. The molecule has 0 aromatic rings. The maximum atomic E-state index is 5.36. The van der Waals surface area contributed by atoms with Crippen molar-refractivity contribution in [3.05, 3.63) is 0 Å².